The molecular formula is C24H21FN4O5. The Morgan fingerprint density at radius 3 is 2.62 bits per heavy atom. The minimum absolute atomic E-state index is 0.0212. The number of rotatable bonds is 4. The van der Waals surface area contributed by atoms with Gasteiger partial charge in [0.25, 0.3) is 5.91 Å². The second-order valence-electron chi connectivity index (χ2n) is 8.63. The van der Waals surface area contributed by atoms with Crippen LogP contribution in [0.3, 0.4) is 0 Å². The molecule has 1 aliphatic heterocycles. The molecule has 0 atom stereocenters. The third kappa shape index (κ3) is 3.75. The van der Waals surface area contributed by atoms with E-state index in [0.717, 1.165) is 5.56 Å². The van der Waals surface area contributed by atoms with Crippen molar-refractivity contribution in [2.75, 3.05) is 5.32 Å². The molecule has 0 radical (unpaired) electrons. The van der Waals surface area contributed by atoms with Crippen molar-refractivity contribution in [1.82, 2.24) is 9.97 Å². The number of ether oxygens (including phenoxy) is 1. The zero-order valence-corrected chi connectivity index (χ0v) is 18.0. The molecule has 1 amide bonds. The fourth-order valence-corrected chi connectivity index (χ4v) is 4.57. The molecule has 174 valence electrons. The molecule has 0 saturated heterocycles. The second kappa shape index (κ2) is 8.14. The summed E-state index contributed by atoms with van der Waals surface area (Å²) in [5.74, 6) is -1.16. The first-order valence-corrected chi connectivity index (χ1v) is 10.8. The van der Waals surface area contributed by atoms with Crippen molar-refractivity contribution >= 4 is 17.8 Å². The van der Waals surface area contributed by atoms with Gasteiger partial charge in [-0.15, -0.1) is 0 Å². The van der Waals surface area contributed by atoms with E-state index in [4.69, 9.17) is 4.74 Å². The van der Waals surface area contributed by atoms with Crippen LogP contribution in [0.15, 0.2) is 55.1 Å². The molecule has 3 heterocycles. The predicted octanol–water partition coefficient (Wildman–Crippen LogP) is 2.56. The molecule has 1 spiro atoms. The minimum Gasteiger partial charge on any atom is -0.619 e. The average molecular weight is 464 g/mol. The summed E-state index contributed by atoms with van der Waals surface area (Å²) in [7, 11) is 0. The van der Waals surface area contributed by atoms with Crippen LogP contribution < -0.4 is 10.0 Å². The summed E-state index contributed by atoms with van der Waals surface area (Å²) >= 11 is 0. The van der Waals surface area contributed by atoms with Crippen LogP contribution in [0.1, 0.15) is 47.2 Å². The highest BCUT2D eigenvalue weighted by molar-refractivity contribution is 5.96. The summed E-state index contributed by atoms with van der Waals surface area (Å²) < 4.78 is 19.1. The molecule has 1 aliphatic carbocycles. The Labute approximate surface area is 193 Å². The first-order valence-electron chi connectivity index (χ1n) is 10.8. The van der Waals surface area contributed by atoms with Crippen LogP contribution in [0.5, 0.6) is 0 Å². The quantitative estimate of drug-likeness (QED) is 0.345. The number of carbonyl (C=O) groups is 2. The van der Waals surface area contributed by atoms with Gasteiger partial charge in [0.2, 0.25) is 5.95 Å². The van der Waals surface area contributed by atoms with E-state index in [1.165, 1.54) is 30.9 Å². The lowest BCUT2D eigenvalue weighted by molar-refractivity contribution is -0.606. The summed E-state index contributed by atoms with van der Waals surface area (Å²) in [4.78, 5) is 33.4. The Bertz CT molecular complexity index is 1270. The van der Waals surface area contributed by atoms with Gasteiger partial charge in [-0.05, 0) is 42.9 Å². The normalized spacial score (nSPS) is 23.4. The largest absolute Gasteiger partial charge is 0.619 e. The van der Waals surface area contributed by atoms with E-state index in [1.54, 1.807) is 24.3 Å². The van der Waals surface area contributed by atoms with Crippen LogP contribution in [0.2, 0.25) is 0 Å². The highest BCUT2D eigenvalue weighted by atomic mass is 19.1. The molecule has 0 unspecified atom stereocenters. The van der Waals surface area contributed by atoms with Crippen molar-refractivity contribution in [2.45, 2.75) is 43.6 Å². The molecule has 5 rings (SSSR count). The molecule has 3 aromatic rings. The van der Waals surface area contributed by atoms with Gasteiger partial charge in [-0.25, -0.2) is 19.2 Å². The molecule has 1 fully saturated rings. The molecule has 2 aliphatic rings. The number of alkyl halides is 1. The number of aromatic nitrogens is 3. The summed E-state index contributed by atoms with van der Waals surface area (Å²) in [6.07, 6.45) is 5.97. The van der Waals surface area contributed by atoms with Gasteiger partial charge in [0.15, 0.2) is 12.4 Å². The number of fused-ring (bicyclic) bond motifs is 2. The topological polar surface area (TPSA) is 128 Å². The molecule has 9 nitrogen and oxygen atoms in total. The Kier molecular flexibility index (Phi) is 5.24. The van der Waals surface area contributed by atoms with Crippen LogP contribution in [-0.4, -0.2) is 32.6 Å². The van der Waals surface area contributed by atoms with Gasteiger partial charge in [0.1, 0.15) is 17.9 Å². The van der Waals surface area contributed by atoms with Crippen molar-refractivity contribution in [2.24, 2.45) is 0 Å². The van der Waals surface area contributed by atoms with Crippen molar-refractivity contribution in [3.05, 3.63) is 77.0 Å². The van der Waals surface area contributed by atoms with Crippen LogP contribution in [0.4, 0.5) is 10.3 Å². The maximum absolute atomic E-state index is 12.9. The predicted molar refractivity (Wildman–Crippen MR) is 117 cm³/mol. The number of esters is 1. The Balaban J connectivity index is 1.27. The van der Waals surface area contributed by atoms with E-state index in [1.807, 2.05) is 0 Å². The lowest BCUT2D eigenvalue weighted by Gasteiger charge is -2.39. The number of amides is 1. The molecule has 1 aromatic carbocycles. The smallest absolute Gasteiger partial charge is 0.339 e. The van der Waals surface area contributed by atoms with Crippen molar-refractivity contribution in [3.63, 3.8) is 0 Å². The standard InChI is InChI=1S/C24H21FN4O5/c25-11-15-2-1-3-16(10-15)17-12-26-22(27-13-17)28-21(31)23(32)5-7-24(8-6-23)19-14-29(33)9-4-18(19)20(30)34-24/h1-4,9-10,12-14,32H,5-8,11H2,(H,26,27,28,31). The third-order valence-corrected chi connectivity index (χ3v) is 6.53. The van der Waals surface area contributed by atoms with Gasteiger partial charge in [-0.1, -0.05) is 18.2 Å². The van der Waals surface area contributed by atoms with Gasteiger partial charge in [0.05, 0.1) is 11.1 Å². The molecule has 2 N–H and O–H groups in total. The number of benzene rings is 1. The van der Waals surface area contributed by atoms with Crippen molar-refractivity contribution in [3.8, 4) is 11.1 Å². The van der Waals surface area contributed by atoms with E-state index >= 15 is 0 Å². The van der Waals surface area contributed by atoms with Crippen LogP contribution >= 0.6 is 0 Å². The lowest BCUT2D eigenvalue weighted by atomic mass is 9.73. The Morgan fingerprint density at radius 1 is 1.18 bits per heavy atom. The van der Waals surface area contributed by atoms with Crippen LogP contribution in [0.25, 0.3) is 11.1 Å². The third-order valence-electron chi connectivity index (χ3n) is 6.53. The SMILES string of the molecule is O=C1OC2(CCC(O)(C(=O)Nc3ncc(-c4cccc(CF)c4)cn3)CC2)c2c[n+]([O-])ccc21. The summed E-state index contributed by atoms with van der Waals surface area (Å²) in [6.45, 7) is -0.579. The number of nitrogens with zero attached hydrogens (tertiary/aromatic N) is 3. The Morgan fingerprint density at radius 2 is 1.91 bits per heavy atom. The number of hydrogen-bond donors (Lipinski definition) is 2. The summed E-state index contributed by atoms with van der Waals surface area (Å²) in [5, 5.41) is 25.3. The zero-order valence-electron chi connectivity index (χ0n) is 18.0. The highest BCUT2D eigenvalue weighted by Gasteiger charge is 2.54. The first kappa shape index (κ1) is 21.9. The lowest BCUT2D eigenvalue weighted by Crippen LogP contribution is -2.49. The fraction of sp³-hybridized carbons (Fsp3) is 0.292. The number of pyridine rings is 1. The van der Waals surface area contributed by atoms with Gasteiger partial charge < -0.3 is 15.1 Å². The monoisotopic (exact) mass is 464 g/mol. The fourth-order valence-electron chi connectivity index (χ4n) is 4.57. The van der Waals surface area contributed by atoms with E-state index < -0.39 is 29.8 Å². The molecule has 34 heavy (non-hydrogen) atoms. The first-order chi connectivity index (χ1) is 16.3. The molecule has 10 heteroatoms. The molecule has 2 aromatic heterocycles. The summed E-state index contributed by atoms with van der Waals surface area (Å²) in [5.41, 5.74) is 0.00573. The van der Waals surface area contributed by atoms with Crippen LogP contribution in [0, 0.1) is 5.21 Å². The van der Waals surface area contributed by atoms with Gasteiger partial charge >= 0.3 is 5.97 Å². The van der Waals surface area contributed by atoms with Gasteiger partial charge in [-0.2, -0.15) is 4.73 Å². The number of hydrogen-bond acceptors (Lipinski definition) is 7. The van der Waals surface area contributed by atoms with E-state index in [0.29, 0.717) is 27.0 Å². The molecule has 1 saturated carbocycles. The van der Waals surface area contributed by atoms with Crippen LogP contribution in [-0.2, 0) is 21.8 Å². The van der Waals surface area contributed by atoms with E-state index in [9.17, 15) is 24.3 Å². The number of halogens is 1. The Hall–Kier alpha value is -3.92. The van der Waals surface area contributed by atoms with E-state index in [2.05, 4.69) is 15.3 Å². The minimum atomic E-state index is -1.71. The second-order valence-corrected chi connectivity index (χ2v) is 8.63. The molecule has 0 bridgehead atoms. The van der Waals surface area contributed by atoms with Gasteiger partial charge in [-0.3, -0.25) is 10.1 Å². The highest BCUT2D eigenvalue weighted by Crippen LogP contribution is 2.48. The number of carbonyl (C=O) groups excluding carboxylic acids is 2. The number of aliphatic hydroxyl groups is 1. The van der Waals surface area contributed by atoms with Gasteiger partial charge in [0, 0.05) is 24.0 Å². The van der Waals surface area contributed by atoms with Crippen molar-refractivity contribution < 1.29 is 28.6 Å². The zero-order chi connectivity index (χ0) is 23.9. The molecular weight excluding hydrogens is 443 g/mol. The average Bonchev–Trinajstić information content (AvgIpc) is 3.12. The maximum atomic E-state index is 12.9. The summed E-state index contributed by atoms with van der Waals surface area (Å²) in [6, 6.07) is 8.33. The number of anilines is 1. The van der Waals surface area contributed by atoms with E-state index in [-0.39, 0.29) is 31.6 Å². The number of nitrogens with one attached hydrogen (secondary N) is 1. The maximum Gasteiger partial charge on any atom is 0.339 e. The van der Waals surface area contributed by atoms with Crippen molar-refractivity contribution in [1.29, 1.82) is 0 Å².